The highest BCUT2D eigenvalue weighted by atomic mass is 32.2. The minimum Gasteiger partial charge on any atom is -0.466 e. The lowest BCUT2D eigenvalue weighted by atomic mass is 10.0. The number of carbonyl (C=O) groups excluding carboxylic acids is 1. The van der Waals surface area contributed by atoms with E-state index in [9.17, 15) is 13.2 Å². The van der Waals surface area contributed by atoms with Gasteiger partial charge in [-0.15, -0.1) is 0 Å². The van der Waals surface area contributed by atoms with E-state index in [2.05, 4.69) is 10.1 Å². The van der Waals surface area contributed by atoms with E-state index in [1.807, 2.05) is 6.92 Å². The van der Waals surface area contributed by atoms with Crippen molar-refractivity contribution in [3.63, 3.8) is 0 Å². The summed E-state index contributed by atoms with van der Waals surface area (Å²) in [6, 6.07) is 0. The van der Waals surface area contributed by atoms with Crippen LogP contribution in [-0.4, -0.2) is 45.1 Å². The number of hydrogen-bond acceptors (Lipinski definition) is 5. The van der Waals surface area contributed by atoms with Crippen molar-refractivity contribution in [3.8, 4) is 0 Å². The molecule has 1 unspecified atom stereocenters. The standard InChI is InChI=1S/C11H19NO4S/c1-9(10(13)16-3)4-6-12-11(2)5-7-17(14,15)8-11/h4,12H,5-8H2,1-3H3. The zero-order valence-corrected chi connectivity index (χ0v) is 11.3. The van der Waals surface area contributed by atoms with E-state index < -0.39 is 9.84 Å². The molecule has 1 aliphatic rings. The molecule has 0 aromatic rings. The molecule has 6 heteroatoms. The molecule has 1 heterocycles. The molecule has 0 radical (unpaired) electrons. The molecule has 1 saturated heterocycles. The SMILES string of the molecule is COC(=O)C(C)=CCNC1(C)CCS(=O)(=O)C1. The van der Waals surface area contributed by atoms with E-state index in [4.69, 9.17) is 0 Å². The number of rotatable bonds is 4. The molecule has 0 spiro atoms. The first kappa shape index (κ1) is 14.2. The summed E-state index contributed by atoms with van der Waals surface area (Å²) in [5, 5.41) is 3.16. The molecule has 5 nitrogen and oxygen atoms in total. The van der Waals surface area contributed by atoms with E-state index in [0.717, 1.165) is 0 Å². The van der Waals surface area contributed by atoms with Gasteiger partial charge in [0.15, 0.2) is 9.84 Å². The van der Waals surface area contributed by atoms with Gasteiger partial charge in [0.25, 0.3) is 0 Å². The van der Waals surface area contributed by atoms with Crippen LogP contribution in [0.3, 0.4) is 0 Å². The summed E-state index contributed by atoms with van der Waals surface area (Å²) < 4.78 is 27.3. The molecule has 0 bridgehead atoms. The lowest BCUT2D eigenvalue weighted by molar-refractivity contribution is -0.136. The van der Waals surface area contributed by atoms with Crippen LogP contribution in [0.4, 0.5) is 0 Å². The summed E-state index contributed by atoms with van der Waals surface area (Å²) in [4.78, 5) is 11.1. The first-order valence-corrected chi connectivity index (χ1v) is 7.31. The summed E-state index contributed by atoms with van der Waals surface area (Å²) in [6.07, 6.45) is 2.32. The van der Waals surface area contributed by atoms with Crippen LogP contribution >= 0.6 is 0 Å². The lowest BCUT2D eigenvalue weighted by Gasteiger charge is -2.23. The van der Waals surface area contributed by atoms with E-state index in [1.165, 1.54) is 7.11 Å². The Hall–Kier alpha value is -0.880. The largest absolute Gasteiger partial charge is 0.466 e. The van der Waals surface area contributed by atoms with Crippen molar-refractivity contribution in [3.05, 3.63) is 11.6 Å². The molecule has 1 rings (SSSR count). The number of sulfone groups is 1. The number of ether oxygens (including phenoxy) is 1. The second kappa shape index (κ2) is 5.18. The average molecular weight is 261 g/mol. The monoisotopic (exact) mass is 261 g/mol. The van der Waals surface area contributed by atoms with Crippen molar-refractivity contribution in [1.29, 1.82) is 0 Å². The van der Waals surface area contributed by atoms with E-state index in [-0.39, 0.29) is 23.0 Å². The van der Waals surface area contributed by atoms with Gasteiger partial charge >= 0.3 is 5.97 Å². The highest BCUT2D eigenvalue weighted by molar-refractivity contribution is 7.91. The molecule has 17 heavy (non-hydrogen) atoms. The van der Waals surface area contributed by atoms with Crippen molar-refractivity contribution in [2.24, 2.45) is 0 Å². The molecule has 1 aliphatic heterocycles. The first-order chi connectivity index (χ1) is 7.78. The molecule has 1 N–H and O–H groups in total. The maximum Gasteiger partial charge on any atom is 0.333 e. The zero-order valence-electron chi connectivity index (χ0n) is 10.4. The van der Waals surface area contributed by atoms with Crippen LogP contribution in [0.5, 0.6) is 0 Å². The van der Waals surface area contributed by atoms with Crippen LogP contribution in [0, 0.1) is 0 Å². The Morgan fingerprint density at radius 1 is 1.53 bits per heavy atom. The Morgan fingerprint density at radius 2 is 2.18 bits per heavy atom. The second-order valence-electron chi connectivity index (χ2n) is 4.66. The van der Waals surface area contributed by atoms with Gasteiger partial charge in [-0.1, -0.05) is 6.08 Å². The van der Waals surface area contributed by atoms with Gasteiger partial charge < -0.3 is 10.1 Å². The van der Waals surface area contributed by atoms with Gasteiger partial charge in [-0.2, -0.15) is 0 Å². The van der Waals surface area contributed by atoms with Crippen molar-refractivity contribution < 1.29 is 17.9 Å². The Kier molecular flexibility index (Phi) is 4.32. The number of hydrogen-bond donors (Lipinski definition) is 1. The third-order valence-corrected chi connectivity index (χ3v) is 4.85. The average Bonchev–Trinajstić information content (AvgIpc) is 2.52. The summed E-state index contributed by atoms with van der Waals surface area (Å²) in [6.45, 7) is 4.02. The number of carbonyl (C=O) groups is 1. The maximum absolute atomic E-state index is 11.4. The minimum atomic E-state index is -2.90. The first-order valence-electron chi connectivity index (χ1n) is 5.48. The molecule has 1 fully saturated rings. The molecule has 0 amide bonds. The fraction of sp³-hybridized carbons (Fsp3) is 0.727. The minimum absolute atomic E-state index is 0.158. The Labute approximate surface area is 102 Å². The van der Waals surface area contributed by atoms with Crippen LogP contribution in [-0.2, 0) is 19.4 Å². The van der Waals surface area contributed by atoms with Gasteiger partial charge in [0, 0.05) is 17.7 Å². The quantitative estimate of drug-likeness (QED) is 0.581. The molecular weight excluding hydrogens is 242 g/mol. The third kappa shape index (κ3) is 4.12. The predicted molar refractivity (Wildman–Crippen MR) is 65.5 cm³/mol. The van der Waals surface area contributed by atoms with Gasteiger partial charge in [0.2, 0.25) is 0 Å². The molecule has 1 atom stereocenters. The molecule has 0 aromatic carbocycles. The molecule has 0 saturated carbocycles. The zero-order chi connectivity index (χ0) is 13.1. The van der Waals surface area contributed by atoms with E-state index in [1.54, 1.807) is 13.0 Å². The van der Waals surface area contributed by atoms with Crippen molar-refractivity contribution in [1.82, 2.24) is 5.32 Å². The third-order valence-electron chi connectivity index (χ3n) is 2.95. The predicted octanol–water partition coefficient (Wildman–Crippen LogP) is 0.272. The van der Waals surface area contributed by atoms with Crippen LogP contribution in [0.25, 0.3) is 0 Å². The topological polar surface area (TPSA) is 72.5 Å². The van der Waals surface area contributed by atoms with Gasteiger partial charge in [-0.3, -0.25) is 0 Å². The molecule has 0 aromatic heterocycles. The second-order valence-corrected chi connectivity index (χ2v) is 6.85. The summed E-state index contributed by atoms with van der Waals surface area (Å²) in [5.41, 5.74) is 0.135. The fourth-order valence-electron chi connectivity index (χ4n) is 1.84. The summed E-state index contributed by atoms with van der Waals surface area (Å²) >= 11 is 0. The Bertz CT molecular complexity index is 427. The van der Waals surface area contributed by atoms with Gasteiger partial charge in [-0.05, 0) is 20.3 Å². The van der Waals surface area contributed by atoms with Crippen LogP contribution in [0.1, 0.15) is 20.3 Å². The molecular formula is C11H19NO4S. The van der Waals surface area contributed by atoms with Gasteiger partial charge in [-0.25, -0.2) is 13.2 Å². The summed E-state index contributed by atoms with van der Waals surface area (Å²) in [5.74, 6) is 0.0254. The lowest BCUT2D eigenvalue weighted by Crippen LogP contribution is -2.43. The van der Waals surface area contributed by atoms with Crippen molar-refractivity contribution >= 4 is 15.8 Å². The maximum atomic E-state index is 11.4. The van der Waals surface area contributed by atoms with E-state index in [0.29, 0.717) is 18.5 Å². The van der Waals surface area contributed by atoms with Crippen molar-refractivity contribution in [2.75, 3.05) is 25.2 Å². The highest BCUT2D eigenvalue weighted by Crippen LogP contribution is 2.22. The Balaban J connectivity index is 2.50. The fourth-order valence-corrected chi connectivity index (χ4v) is 3.97. The normalized spacial score (nSPS) is 28.1. The van der Waals surface area contributed by atoms with Gasteiger partial charge in [0.05, 0.1) is 18.6 Å². The Morgan fingerprint density at radius 3 is 2.65 bits per heavy atom. The van der Waals surface area contributed by atoms with Crippen LogP contribution in [0.2, 0.25) is 0 Å². The molecule has 98 valence electrons. The number of nitrogens with one attached hydrogen (secondary N) is 1. The van der Waals surface area contributed by atoms with Crippen LogP contribution < -0.4 is 5.32 Å². The van der Waals surface area contributed by atoms with E-state index >= 15 is 0 Å². The number of esters is 1. The van der Waals surface area contributed by atoms with Crippen molar-refractivity contribution in [2.45, 2.75) is 25.8 Å². The summed E-state index contributed by atoms with van der Waals surface area (Å²) in [7, 11) is -1.57. The highest BCUT2D eigenvalue weighted by Gasteiger charge is 2.37. The smallest absolute Gasteiger partial charge is 0.333 e. The van der Waals surface area contributed by atoms with Gasteiger partial charge in [0.1, 0.15) is 0 Å². The number of methoxy groups -OCH3 is 1. The molecule has 0 aliphatic carbocycles. The van der Waals surface area contributed by atoms with Crippen LogP contribution in [0.15, 0.2) is 11.6 Å².